The minimum absolute atomic E-state index is 0.00197. The molecule has 2 aromatic heterocycles. The summed E-state index contributed by atoms with van der Waals surface area (Å²) in [6.07, 6.45) is 3.76. The first-order valence-electron chi connectivity index (χ1n) is 9.82. The molecule has 3 aromatic rings. The van der Waals surface area contributed by atoms with E-state index in [1.165, 1.54) is 0 Å². The molecule has 0 unspecified atom stereocenters. The Hall–Kier alpha value is -2.58. The molecule has 1 amide bonds. The number of rotatable bonds is 4. The van der Waals surface area contributed by atoms with Crippen molar-refractivity contribution in [2.24, 2.45) is 0 Å². The standard InChI is InChI=1S/C21H23ClN6OS/c1-13-19(30-26-25-13)20(29)28-10-4-5-15(12-28)18-17(11-23-21(24-18)27(2)3)14-6-8-16(22)9-7-14/h6-9,11,15H,4-5,10,12H2,1-3H3/t15-/m0/s1. The van der Waals surface area contributed by atoms with Crippen LogP contribution in [0.25, 0.3) is 11.1 Å². The summed E-state index contributed by atoms with van der Waals surface area (Å²) >= 11 is 7.24. The van der Waals surface area contributed by atoms with Gasteiger partial charge in [-0.15, -0.1) is 5.10 Å². The van der Waals surface area contributed by atoms with E-state index in [9.17, 15) is 4.79 Å². The van der Waals surface area contributed by atoms with Crippen molar-refractivity contribution in [3.63, 3.8) is 0 Å². The second kappa shape index (κ2) is 8.65. The van der Waals surface area contributed by atoms with Crippen molar-refractivity contribution in [2.45, 2.75) is 25.7 Å². The van der Waals surface area contributed by atoms with Gasteiger partial charge in [-0.3, -0.25) is 4.79 Å². The molecule has 0 saturated carbocycles. The third-order valence-electron chi connectivity index (χ3n) is 5.30. The fourth-order valence-corrected chi connectivity index (χ4v) is 4.47. The number of hydrogen-bond donors (Lipinski definition) is 0. The smallest absolute Gasteiger partial charge is 0.267 e. The molecule has 0 spiro atoms. The maximum Gasteiger partial charge on any atom is 0.267 e. The van der Waals surface area contributed by atoms with Crippen molar-refractivity contribution in [1.82, 2.24) is 24.5 Å². The van der Waals surface area contributed by atoms with Crippen molar-refractivity contribution in [3.05, 3.63) is 51.7 Å². The molecule has 9 heteroatoms. The summed E-state index contributed by atoms with van der Waals surface area (Å²) in [5.74, 6) is 0.784. The number of halogens is 1. The fourth-order valence-electron chi connectivity index (χ4n) is 3.72. The molecular formula is C21H23ClN6OS. The van der Waals surface area contributed by atoms with Crippen molar-refractivity contribution < 1.29 is 4.79 Å². The van der Waals surface area contributed by atoms with Crippen LogP contribution in [-0.4, -0.2) is 57.5 Å². The predicted octanol–water partition coefficient (Wildman–Crippen LogP) is 4.04. The van der Waals surface area contributed by atoms with Gasteiger partial charge in [-0.05, 0) is 49.0 Å². The molecule has 1 aliphatic heterocycles. The highest BCUT2D eigenvalue weighted by atomic mass is 35.5. The molecule has 0 radical (unpaired) electrons. The minimum atomic E-state index is 0.00197. The summed E-state index contributed by atoms with van der Waals surface area (Å²) in [5.41, 5.74) is 3.65. The van der Waals surface area contributed by atoms with Crippen LogP contribution in [0.2, 0.25) is 5.02 Å². The third kappa shape index (κ3) is 4.15. The van der Waals surface area contributed by atoms with E-state index >= 15 is 0 Å². The van der Waals surface area contributed by atoms with Gasteiger partial charge in [-0.25, -0.2) is 9.97 Å². The van der Waals surface area contributed by atoms with Crippen LogP contribution in [-0.2, 0) is 0 Å². The Morgan fingerprint density at radius 2 is 2.03 bits per heavy atom. The Bertz CT molecular complexity index is 1050. The van der Waals surface area contributed by atoms with Gasteiger partial charge in [0.05, 0.1) is 11.4 Å². The number of anilines is 1. The lowest BCUT2D eigenvalue weighted by Crippen LogP contribution is -2.39. The van der Waals surface area contributed by atoms with Crippen LogP contribution in [0.3, 0.4) is 0 Å². The summed E-state index contributed by atoms with van der Waals surface area (Å²) in [6.45, 7) is 3.17. The maximum absolute atomic E-state index is 13.0. The molecule has 4 rings (SSSR count). The van der Waals surface area contributed by atoms with Crippen LogP contribution in [0.1, 0.15) is 39.8 Å². The van der Waals surface area contributed by atoms with Crippen LogP contribution in [0.15, 0.2) is 30.5 Å². The molecule has 1 atom stereocenters. The van der Waals surface area contributed by atoms with Gasteiger partial charge in [0.15, 0.2) is 0 Å². The van der Waals surface area contributed by atoms with Crippen LogP contribution < -0.4 is 4.90 Å². The topological polar surface area (TPSA) is 75.1 Å². The van der Waals surface area contributed by atoms with E-state index in [0.29, 0.717) is 28.1 Å². The highest BCUT2D eigenvalue weighted by Crippen LogP contribution is 2.35. The minimum Gasteiger partial charge on any atom is -0.347 e. The highest BCUT2D eigenvalue weighted by molar-refractivity contribution is 7.07. The Kier molecular flexibility index (Phi) is 5.97. The first-order valence-corrected chi connectivity index (χ1v) is 11.0. The average molecular weight is 443 g/mol. The molecule has 1 fully saturated rings. The largest absolute Gasteiger partial charge is 0.347 e. The monoisotopic (exact) mass is 442 g/mol. The first kappa shape index (κ1) is 20.7. The molecule has 0 aliphatic carbocycles. The summed E-state index contributed by atoms with van der Waals surface area (Å²) in [5, 5.41) is 4.67. The van der Waals surface area contributed by atoms with Gasteiger partial charge in [-0.2, -0.15) is 0 Å². The van der Waals surface area contributed by atoms with Crippen molar-refractivity contribution >= 4 is 35.0 Å². The zero-order chi connectivity index (χ0) is 21.3. The van der Waals surface area contributed by atoms with Crippen LogP contribution >= 0.6 is 23.1 Å². The second-order valence-electron chi connectivity index (χ2n) is 7.65. The van der Waals surface area contributed by atoms with E-state index in [2.05, 4.69) is 14.6 Å². The van der Waals surface area contributed by atoms with Gasteiger partial charge in [0.1, 0.15) is 4.88 Å². The highest BCUT2D eigenvalue weighted by Gasteiger charge is 2.30. The second-order valence-corrected chi connectivity index (χ2v) is 8.84. The number of aromatic nitrogens is 4. The lowest BCUT2D eigenvalue weighted by molar-refractivity contribution is 0.0710. The third-order valence-corrected chi connectivity index (χ3v) is 6.37. The number of carbonyl (C=O) groups is 1. The molecule has 0 bridgehead atoms. The zero-order valence-corrected chi connectivity index (χ0v) is 18.7. The molecule has 1 saturated heterocycles. The van der Waals surface area contributed by atoms with Gasteiger partial charge in [0.25, 0.3) is 5.91 Å². The first-order chi connectivity index (χ1) is 14.4. The number of likely N-dealkylation sites (tertiary alicyclic amines) is 1. The SMILES string of the molecule is Cc1nnsc1C(=O)N1CCC[C@H](c2nc(N(C)C)ncc2-c2ccc(Cl)cc2)C1. The summed E-state index contributed by atoms with van der Waals surface area (Å²) < 4.78 is 3.91. The van der Waals surface area contributed by atoms with Gasteiger partial charge in [0.2, 0.25) is 5.95 Å². The molecule has 1 aromatic carbocycles. The average Bonchev–Trinajstić information content (AvgIpc) is 3.19. The van der Waals surface area contributed by atoms with Crippen LogP contribution in [0, 0.1) is 6.92 Å². The molecule has 1 aliphatic rings. The molecule has 30 heavy (non-hydrogen) atoms. The van der Waals surface area contributed by atoms with E-state index < -0.39 is 0 Å². The Balaban J connectivity index is 1.69. The Morgan fingerprint density at radius 3 is 2.70 bits per heavy atom. The lowest BCUT2D eigenvalue weighted by Gasteiger charge is -2.33. The Labute approximate surface area is 184 Å². The van der Waals surface area contributed by atoms with E-state index in [-0.39, 0.29) is 11.8 Å². The molecule has 156 valence electrons. The predicted molar refractivity (Wildman–Crippen MR) is 119 cm³/mol. The number of aryl methyl sites for hydroxylation is 1. The summed E-state index contributed by atoms with van der Waals surface area (Å²) in [7, 11) is 3.86. The van der Waals surface area contributed by atoms with Gasteiger partial charge < -0.3 is 9.80 Å². The molecule has 3 heterocycles. The summed E-state index contributed by atoms with van der Waals surface area (Å²) in [6, 6.07) is 7.71. The number of benzene rings is 1. The Morgan fingerprint density at radius 1 is 1.27 bits per heavy atom. The fraction of sp³-hybridized carbons (Fsp3) is 0.381. The molecule has 7 nitrogen and oxygen atoms in total. The normalized spacial score (nSPS) is 16.5. The van der Waals surface area contributed by atoms with Crippen molar-refractivity contribution in [3.8, 4) is 11.1 Å². The molecule has 0 N–H and O–H groups in total. The number of hydrogen-bond acceptors (Lipinski definition) is 7. The van der Waals surface area contributed by atoms with Gasteiger partial charge >= 0.3 is 0 Å². The van der Waals surface area contributed by atoms with E-state index in [4.69, 9.17) is 16.6 Å². The number of nitrogens with zero attached hydrogens (tertiary/aromatic N) is 6. The maximum atomic E-state index is 13.0. The van der Waals surface area contributed by atoms with Crippen molar-refractivity contribution in [1.29, 1.82) is 0 Å². The summed E-state index contributed by atoms with van der Waals surface area (Å²) in [4.78, 5) is 26.9. The van der Waals surface area contributed by atoms with Gasteiger partial charge in [0, 0.05) is 49.9 Å². The quantitative estimate of drug-likeness (QED) is 0.607. The van der Waals surface area contributed by atoms with E-state index in [1.54, 1.807) is 0 Å². The zero-order valence-electron chi connectivity index (χ0n) is 17.2. The van der Waals surface area contributed by atoms with Gasteiger partial charge in [-0.1, -0.05) is 28.2 Å². The number of amides is 1. The molecular weight excluding hydrogens is 420 g/mol. The number of piperidine rings is 1. The lowest BCUT2D eigenvalue weighted by atomic mass is 9.90. The van der Waals surface area contributed by atoms with Crippen LogP contribution in [0.5, 0.6) is 0 Å². The van der Waals surface area contributed by atoms with E-state index in [0.717, 1.165) is 47.7 Å². The van der Waals surface area contributed by atoms with Crippen molar-refractivity contribution in [2.75, 3.05) is 32.1 Å². The van der Waals surface area contributed by atoms with E-state index in [1.807, 2.05) is 61.3 Å². The van der Waals surface area contributed by atoms with Crippen LogP contribution in [0.4, 0.5) is 5.95 Å². The number of carbonyl (C=O) groups excluding carboxylic acids is 1.